The van der Waals surface area contributed by atoms with Crippen LogP contribution in [0.5, 0.6) is 0 Å². The number of rotatable bonds is 0. The molecule has 0 fully saturated rings. The van der Waals surface area contributed by atoms with Gasteiger partial charge in [-0.1, -0.05) is 12.2 Å². The van der Waals surface area contributed by atoms with Gasteiger partial charge in [-0.3, -0.25) is 0 Å². The molecule has 38 valence electrons. The lowest BCUT2D eigenvalue weighted by Gasteiger charge is -2.01. The van der Waals surface area contributed by atoms with E-state index in [1.54, 1.807) is 0 Å². The van der Waals surface area contributed by atoms with Crippen molar-refractivity contribution in [3.8, 4) is 0 Å². The van der Waals surface area contributed by atoms with E-state index in [1.807, 2.05) is 12.5 Å². The summed E-state index contributed by atoms with van der Waals surface area (Å²) in [6.45, 7) is 0. The molecule has 0 radical (unpaired) electrons. The molecule has 0 atom stereocenters. The van der Waals surface area contributed by atoms with E-state index in [1.165, 1.54) is 0 Å². The number of thiol groups is 1. The van der Waals surface area contributed by atoms with E-state index in [0.29, 0.717) is 4.32 Å². The Balaban J connectivity index is 3.26. The van der Waals surface area contributed by atoms with Gasteiger partial charge in [0.15, 0.2) is 0 Å². The number of thiocarbonyl (C=S) groups is 1. The van der Waals surface area contributed by atoms with Crippen LogP contribution in [-0.4, -0.2) is 16.8 Å². The van der Waals surface area contributed by atoms with Crippen molar-refractivity contribution >= 4 is 27.4 Å². The second-order valence-corrected chi connectivity index (χ2v) is 4.25. The first-order chi connectivity index (χ1) is 2.64. The average molecular weight is 123 g/mol. The van der Waals surface area contributed by atoms with E-state index in [0.717, 1.165) is 0 Å². The quantitative estimate of drug-likeness (QED) is 0.362. The van der Waals surface area contributed by atoms with Crippen molar-refractivity contribution in [3.05, 3.63) is 0 Å². The van der Waals surface area contributed by atoms with Gasteiger partial charge in [-0.25, -0.2) is 10.9 Å². The molecule has 0 saturated heterocycles. The summed E-state index contributed by atoms with van der Waals surface area (Å²) in [5.41, 5.74) is 5.20. The fraction of sp³-hybridized carbons (Fsp3) is 0.667. The first-order valence-electron chi connectivity index (χ1n) is 1.61. The van der Waals surface area contributed by atoms with E-state index < -0.39 is 0 Å². The lowest BCUT2D eigenvalue weighted by atomic mass is 11.5. The van der Waals surface area contributed by atoms with Gasteiger partial charge >= 0.3 is 0 Å². The van der Waals surface area contributed by atoms with Crippen LogP contribution in [-0.2, 0) is 0 Å². The number of nitrogens with two attached hydrogens (primary N) is 1. The predicted octanol–water partition coefficient (Wildman–Crippen LogP) is 0.491. The zero-order chi connectivity index (χ0) is 5.15. The van der Waals surface area contributed by atoms with Crippen molar-refractivity contribution in [2.45, 2.75) is 0 Å². The highest BCUT2D eigenvalue weighted by Gasteiger charge is 1.84. The molecule has 0 heterocycles. The number of hydrogen-bond donors (Lipinski definition) is 2. The molecule has 6 heavy (non-hydrogen) atoms. The van der Waals surface area contributed by atoms with Gasteiger partial charge in [-0.2, -0.15) is 0 Å². The highest BCUT2D eigenvalue weighted by Crippen LogP contribution is 2.10. The molecule has 0 aromatic carbocycles. The van der Waals surface area contributed by atoms with Crippen molar-refractivity contribution in [1.29, 1.82) is 0 Å². The molecule has 1 nitrogen and oxygen atoms in total. The van der Waals surface area contributed by atoms with Crippen LogP contribution in [0.3, 0.4) is 0 Å². The predicted molar refractivity (Wildman–Crippen MR) is 37.6 cm³/mol. The zero-order valence-corrected chi connectivity index (χ0v) is 5.64. The summed E-state index contributed by atoms with van der Waals surface area (Å²) < 4.78 is 0.657. The van der Waals surface area contributed by atoms with Gasteiger partial charge < -0.3 is 5.73 Å². The van der Waals surface area contributed by atoms with Gasteiger partial charge in [-0.05, 0) is 12.5 Å². The second-order valence-electron chi connectivity index (χ2n) is 1.23. The molecule has 3 heteroatoms. The second kappa shape index (κ2) is 2.42. The molecule has 0 unspecified atom stereocenters. The standard InChI is InChI=1S/C3H9NS2/c1-6(2)3(4)5/h6H,1-2H3,(H2,4,5). The van der Waals surface area contributed by atoms with Crippen molar-refractivity contribution in [3.63, 3.8) is 0 Å². The molecule has 0 rings (SSSR count). The molecule has 0 aromatic rings. The Morgan fingerprint density at radius 1 is 1.67 bits per heavy atom. The fourth-order valence-electron chi connectivity index (χ4n) is 0. The van der Waals surface area contributed by atoms with Gasteiger partial charge in [0.25, 0.3) is 0 Å². The Morgan fingerprint density at radius 2 is 1.83 bits per heavy atom. The van der Waals surface area contributed by atoms with Gasteiger partial charge in [0.05, 0.1) is 0 Å². The van der Waals surface area contributed by atoms with Gasteiger partial charge in [-0.15, -0.1) is 0 Å². The van der Waals surface area contributed by atoms with Gasteiger partial charge in [0, 0.05) is 0 Å². The van der Waals surface area contributed by atoms with Crippen molar-refractivity contribution < 1.29 is 0 Å². The van der Waals surface area contributed by atoms with E-state index in [2.05, 4.69) is 12.2 Å². The van der Waals surface area contributed by atoms with Crippen molar-refractivity contribution in [1.82, 2.24) is 0 Å². The van der Waals surface area contributed by atoms with E-state index in [9.17, 15) is 0 Å². The van der Waals surface area contributed by atoms with Gasteiger partial charge in [0.1, 0.15) is 4.32 Å². The summed E-state index contributed by atoms with van der Waals surface area (Å²) in [4.78, 5) is 0. The van der Waals surface area contributed by atoms with Crippen LogP contribution in [0.15, 0.2) is 0 Å². The molecule has 0 aliphatic heterocycles. The summed E-state index contributed by atoms with van der Waals surface area (Å²) in [5.74, 6) is 0. The molecule has 2 N–H and O–H groups in total. The first-order valence-corrected chi connectivity index (χ1v) is 4.26. The van der Waals surface area contributed by atoms with Crippen LogP contribution in [0.25, 0.3) is 0 Å². The normalized spacial score (nSPS) is 10.7. The molecule has 0 bridgehead atoms. The lowest BCUT2D eigenvalue weighted by molar-refractivity contribution is 1.90. The van der Waals surface area contributed by atoms with Crippen LogP contribution in [0.2, 0.25) is 0 Å². The van der Waals surface area contributed by atoms with Crippen LogP contribution >= 0.6 is 23.1 Å². The van der Waals surface area contributed by atoms with Crippen molar-refractivity contribution in [2.75, 3.05) is 12.5 Å². The third kappa shape index (κ3) is 2.48. The maximum Gasteiger partial charge on any atom is 0.110 e. The summed E-state index contributed by atoms with van der Waals surface area (Å²) >= 11 is 4.63. The van der Waals surface area contributed by atoms with E-state index >= 15 is 0 Å². The Hall–Kier alpha value is 0.240. The minimum atomic E-state index is -0.150. The largest absolute Gasteiger partial charge is 0.386 e. The van der Waals surface area contributed by atoms with E-state index in [-0.39, 0.29) is 10.9 Å². The molecule has 0 aliphatic carbocycles. The highest BCUT2D eigenvalue weighted by molar-refractivity contribution is 8.35. The van der Waals surface area contributed by atoms with Crippen LogP contribution in [0.4, 0.5) is 0 Å². The van der Waals surface area contributed by atoms with Gasteiger partial charge in [0.2, 0.25) is 0 Å². The molecule has 0 aliphatic rings. The maximum absolute atomic E-state index is 5.20. The molecular formula is C3H9NS2. The Labute approximate surface area is 46.3 Å². The fourth-order valence-corrected chi connectivity index (χ4v) is 0. The molecular weight excluding hydrogens is 114 g/mol. The third-order valence-electron chi connectivity index (χ3n) is 0.441. The number of hydrogen-bond acceptors (Lipinski definition) is 1. The summed E-state index contributed by atoms with van der Waals surface area (Å²) in [6, 6.07) is 0. The van der Waals surface area contributed by atoms with Crippen LogP contribution in [0, 0.1) is 0 Å². The maximum atomic E-state index is 5.20. The molecule has 0 aromatic heterocycles. The third-order valence-corrected chi connectivity index (χ3v) is 2.42. The molecule has 0 amide bonds. The SMILES string of the molecule is C[SH](C)C(N)=S. The molecule has 0 spiro atoms. The minimum Gasteiger partial charge on any atom is -0.386 e. The summed E-state index contributed by atoms with van der Waals surface area (Å²) in [5, 5.41) is 0. The van der Waals surface area contributed by atoms with Crippen LogP contribution in [0.1, 0.15) is 0 Å². The lowest BCUT2D eigenvalue weighted by Crippen LogP contribution is -2.05. The first kappa shape index (κ1) is 6.24. The topological polar surface area (TPSA) is 26.0 Å². The Morgan fingerprint density at radius 3 is 1.83 bits per heavy atom. The van der Waals surface area contributed by atoms with Crippen LogP contribution < -0.4 is 5.73 Å². The zero-order valence-electron chi connectivity index (χ0n) is 3.93. The Kier molecular flexibility index (Phi) is 2.52. The van der Waals surface area contributed by atoms with E-state index in [4.69, 9.17) is 5.73 Å². The van der Waals surface area contributed by atoms with Crippen molar-refractivity contribution in [2.24, 2.45) is 5.73 Å². The highest BCUT2D eigenvalue weighted by atomic mass is 32.2. The summed E-state index contributed by atoms with van der Waals surface area (Å²) in [6.07, 6.45) is 4.08. The Bertz CT molecular complexity index is 59.8. The smallest absolute Gasteiger partial charge is 0.110 e. The minimum absolute atomic E-state index is 0.150. The monoisotopic (exact) mass is 123 g/mol. The molecule has 0 saturated carbocycles. The summed E-state index contributed by atoms with van der Waals surface area (Å²) in [7, 11) is -0.150. The average Bonchev–Trinajstić information content (AvgIpc) is 1.36.